The molecule has 0 radical (unpaired) electrons. The minimum atomic E-state index is -0.104. The molecule has 0 spiro atoms. The van der Waals surface area contributed by atoms with Crippen molar-refractivity contribution in [3.63, 3.8) is 0 Å². The molecule has 0 fully saturated rings. The van der Waals surface area contributed by atoms with E-state index in [0.717, 1.165) is 105 Å². The van der Waals surface area contributed by atoms with E-state index < -0.39 is 0 Å². The lowest BCUT2D eigenvalue weighted by Gasteiger charge is -2.29. The summed E-state index contributed by atoms with van der Waals surface area (Å²) in [5.41, 5.74) is 7.19. The fourth-order valence-electron chi connectivity index (χ4n) is 8.21. The number of amides is 2. The molecule has 2 unspecified atom stereocenters. The molecular weight excluding hydrogens is 829 g/mol. The van der Waals surface area contributed by atoms with Crippen LogP contribution in [0.3, 0.4) is 0 Å². The molecule has 8 nitrogen and oxygen atoms in total. The maximum absolute atomic E-state index is 15.2. The number of pyridine rings is 4. The Morgan fingerprint density at radius 3 is 1.31 bits per heavy atom. The van der Waals surface area contributed by atoms with E-state index in [0.29, 0.717) is 47.5 Å². The van der Waals surface area contributed by atoms with Crippen LogP contribution in [-0.4, -0.2) is 54.6 Å². The Kier molecular flexibility index (Phi) is 14.4. The second-order valence-electron chi connectivity index (χ2n) is 16.2. The Hall–Kier alpha value is -6.46. The third kappa shape index (κ3) is 9.85. The van der Waals surface area contributed by atoms with Gasteiger partial charge in [-0.1, -0.05) is 102 Å². The van der Waals surface area contributed by atoms with Gasteiger partial charge >= 0.3 is 0 Å². The topological polar surface area (TPSA) is 92.2 Å². The number of fused-ring (bicyclic) bond motifs is 1. The maximum Gasteiger partial charge on any atom is 0.261 e. The van der Waals surface area contributed by atoms with Gasteiger partial charge in [-0.05, 0) is 97.5 Å². The molecule has 0 aliphatic carbocycles. The first-order valence-electron chi connectivity index (χ1n) is 22.5. The number of aromatic nitrogens is 4. The summed E-state index contributed by atoms with van der Waals surface area (Å²) in [5, 5.41) is 0. The summed E-state index contributed by atoms with van der Waals surface area (Å²) in [5.74, 6) is 13.6. The lowest BCUT2D eigenvalue weighted by Crippen LogP contribution is -2.34. The van der Waals surface area contributed by atoms with Gasteiger partial charge in [0.05, 0.1) is 64.8 Å². The van der Waals surface area contributed by atoms with Gasteiger partial charge in [-0.15, -0.1) is 22.7 Å². The summed E-state index contributed by atoms with van der Waals surface area (Å²) in [6.45, 7) is 9.90. The third-order valence-electron chi connectivity index (χ3n) is 11.9. The second kappa shape index (κ2) is 20.8. The highest BCUT2D eigenvalue weighted by Crippen LogP contribution is 2.49. The third-order valence-corrected chi connectivity index (χ3v) is 13.9. The number of hydrogen-bond acceptors (Lipinski definition) is 8. The van der Waals surface area contributed by atoms with Crippen molar-refractivity contribution >= 4 is 45.9 Å². The smallest absolute Gasteiger partial charge is 0.261 e. The van der Waals surface area contributed by atoms with Crippen LogP contribution in [-0.2, 0) is 9.59 Å². The Morgan fingerprint density at radius 2 is 0.953 bits per heavy atom. The first-order valence-corrected chi connectivity index (χ1v) is 24.1. The zero-order valence-corrected chi connectivity index (χ0v) is 38.6. The number of nitrogens with zero attached hydrogens (tertiary/aromatic N) is 6. The van der Waals surface area contributed by atoms with Crippen LogP contribution in [0.1, 0.15) is 110 Å². The molecule has 6 aromatic rings. The summed E-state index contributed by atoms with van der Waals surface area (Å²) in [6, 6.07) is 27.3. The monoisotopic (exact) mass is 880 g/mol. The minimum Gasteiger partial charge on any atom is -0.306 e. The van der Waals surface area contributed by atoms with E-state index in [4.69, 9.17) is 0 Å². The Balaban J connectivity index is 1.17. The largest absolute Gasteiger partial charge is 0.306 e. The fraction of sp³-hybridized carbons (Fsp3) is 0.296. The highest BCUT2D eigenvalue weighted by Gasteiger charge is 2.50. The Labute approximate surface area is 385 Å². The van der Waals surface area contributed by atoms with E-state index in [1.54, 1.807) is 24.8 Å². The van der Waals surface area contributed by atoms with Crippen LogP contribution in [0.2, 0.25) is 0 Å². The van der Waals surface area contributed by atoms with Gasteiger partial charge in [-0.25, -0.2) is 0 Å². The van der Waals surface area contributed by atoms with Crippen LogP contribution in [0.15, 0.2) is 121 Å². The van der Waals surface area contributed by atoms with Crippen LogP contribution in [0.25, 0.3) is 34.2 Å². The molecule has 8 rings (SSSR count). The minimum absolute atomic E-state index is 0.104. The van der Waals surface area contributed by atoms with Gasteiger partial charge in [-0.2, -0.15) is 0 Å². The van der Waals surface area contributed by atoms with Gasteiger partial charge in [0, 0.05) is 49.0 Å². The van der Waals surface area contributed by atoms with Crippen molar-refractivity contribution in [1.29, 1.82) is 0 Å². The molecule has 0 saturated carbocycles. The van der Waals surface area contributed by atoms with Crippen LogP contribution in [0.5, 0.6) is 0 Å². The number of rotatable bonds is 16. The van der Waals surface area contributed by atoms with Crippen LogP contribution in [0, 0.1) is 35.5 Å². The molecule has 2 atom stereocenters. The van der Waals surface area contributed by atoms with Crippen LogP contribution < -0.4 is 0 Å². The van der Waals surface area contributed by atoms with Crippen LogP contribution in [0.4, 0.5) is 0 Å². The van der Waals surface area contributed by atoms with E-state index in [1.165, 1.54) is 22.7 Å². The predicted octanol–water partition coefficient (Wildman–Crippen LogP) is 11.8. The lowest BCUT2D eigenvalue weighted by molar-refractivity contribution is -0.124. The summed E-state index contributed by atoms with van der Waals surface area (Å²) < 4.78 is 0. The van der Waals surface area contributed by atoms with Crippen molar-refractivity contribution in [3.05, 3.63) is 151 Å². The molecule has 0 saturated heterocycles. The number of carbonyl (C=O) groups excluding carboxylic acids is 2. The van der Waals surface area contributed by atoms with Gasteiger partial charge < -0.3 is 9.80 Å². The van der Waals surface area contributed by atoms with Gasteiger partial charge in [0.25, 0.3) is 11.8 Å². The highest BCUT2D eigenvalue weighted by molar-refractivity contribution is 7.14. The zero-order valence-electron chi connectivity index (χ0n) is 36.9. The molecule has 0 aromatic carbocycles. The van der Waals surface area contributed by atoms with E-state index in [9.17, 15) is 0 Å². The summed E-state index contributed by atoms with van der Waals surface area (Å²) in [7, 11) is 0. The molecule has 0 bridgehead atoms. The lowest BCUT2D eigenvalue weighted by atomic mass is 9.98. The SMILES string of the molecule is CCCCC(CC)CN1C(=O)C2=C(c3ccc(C#Cc4ccc(-c5ccccn5)nc4)s3)N(CC(CC)CCCC)C(=O)C2=C1c1ccc(C#Cc2ccc(-c3ccccn3)nc2)s1. The molecule has 2 amide bonds. The molecule has 64 heavy (non-hydrogen) atoms. The first-order chi connectivity index (χ1) is 31.4. The fourth-order valence-corrected chi connectivity index (χ4v) is 10.0. The number of thiophene rings is 2. The van der Waals surface area contributed by atoms with Crippen molar-refractivity contribution in [2.75, 3.05) is 13.1 Å². The summed E-state index contributed by atoms with van der Waals surface area (Å²) in [4.78, 5) is 55.6. The molecule has 0 N–H and O–H groups in total. The molecule has 322 valence electrons. The Bertz CT molecular complexity index is 2590. The molecule has 8 heterocycles. The molecule has 6 aromatic heterocycles. The molecule has 2 aliphatic rings. The van der Waals surface area contributed by atoms with E-state index in [-0.39, 0.29) is 11.8 Å². The van der Waals surface area contributed by atoms with Gasteiger partial charge in [0.15, 0.2) is 0 Å². The van der Waals surface area contributed by atoms with Crippen molar-refractivity contribution in [2.45, 2.75) is 79.1 Å². The van der Waals surface area contributed by atoms with Gasteiger partial charge in [-0.3, -0.25) is 29.5 Å². The van der Waals surface area contributed by atoms with E-state index in [1.807, 2.05) is 94.7 Å². The molecule has 2 aliphatic heterocycles. The first kappa shape index (κ1) is 44.2. The average molecular weight is 881 g/mol. The highest BCUT2D eigenvalue weighted by atomic mass is 32.1. The molecular formula is C54H52N6O2S2. The number of hydrogen-bond donors (Lipinski definition) is 0. The van der Waals surface area contributed by atoms with E-state index in [2.05, 4.69) is 71.3 Å². The zero-order chi connectivity index (χ0) is 44.4. The van der Waals surface area contributed by atoms with Crippen molar-refractivity contribution in [3.8, 4) is 46.5 Å². The second-order valence-corrected chi connectivity index (χ2v) is 18.4. The van der Waals surface area contributed by atoms with Crippen molar-refractivity contribution in [1.82, 2.24) is 29.7 Å². The van der Waals surface area contributed by atoms with Crippen molar-refractivity contribution in [2.24, 2.45) is 11.8 Å². The number of carbonyl (C=O) groups is 2. The standard InChI is InChI=1S/C54H52N6O2S2/c1-5-9-15-37(7-3)35-59-51(47-29-25-41(63-47)23-19-39-21-27-45(57-33-39)43-17-11-13-31-55-43)49-50(53(59)61)52(60(54(49)62)36-38(8-4)16-10-6-2)48-30-26-42(64-48)24-20-40-22-28-46(58-34-40)44-18-12-14-32-56-44/h11-14,17-18,21-22,25-34,37-38H,5-10,15-16,35-36H2,1-4H3. The summed E-state index contributed by atoms with van der Waals surface area (Å²) in [6.07, 6.45) is 15.3. The average Bonchev–Trinajstić information content (AvgIpc) is 4.13. The number of unbranched alkanes of at least 4 members (excludes halogenated alkanes) is 2. The predicted molar refractivity (Wildman–Crippen MR) is 259 cm³/mol. The maximum atomic E-state index is 15.2. The Morgan fingerprint density at radius 1 is 0.516 bits per heavy atom. The van der Waals surface area contributed by atoms with E-state index >= 15 is 9.59 Å². The normalized spacial score (nSPS) is 14.4. The van der Waals surface area contributed by atoms with Gasteiger partial charge in [0.2, 0.25) is 0 Å². The van der Waals surface area contributed by atoms with Crippen molar-refractivity contribution < 1.29 is 9.59 Å². The van der Waals surface area contributed by atoms with Crippen LogP contribution >= 0.6 is 22.7 Å². The quantitative estimate of drug-likeness (QED) is 0.0899. The van der Waals surface area contributed by atoms with Gasteiger partial charge in [0.1, 0.15) is 0 Å². The molecule has 10 heteroatoms. The summed E-state index contributed by atoms with van der Waals surface area (Å²) >= 11 is 3.04.